The Morgan fingerprint density at radius 1 is 1.12 bits per heavy atom. The number of ether oxygens (including phenoxy) is 2. The molecule has 2 aromatic heterocycles. The fourth-order valence-corrected chi connectivity index (χ4v) is 2.80. The van der Waals surface area contributed by atoms with Crippen LogP contribution in [-0.2, 0) is 13.0 Å². The summed E-state index contributed by atoms with van der Waals surface area (Å²) in [6, 6.07) is 9.59. The van der Waals surface area contributed by atoms with Crippen molar-refractivity contribution in [1.82, 2.24) is 19.7 Å². The van der Waals surface area contributed by atoms with E-state index in [1.807, 2.05) is 30.3 Å². The third-order valence-electron chi connectivity index (χ3n) is 3.91. The van der Waals surface area contributed by atoms with Crippen molar-refractivity contribution in [2.45, 2.75) is 13.0 Å². The summed E-state index contributed by atoms with van der Waals surface area (Å²) in [4.78, 5) is 8.78. The number of aliphatic hydroxyl groups is 1. The quantitative estimate of drug-likeness (QED) is 0.762. The Bertz CT molecular complexity index is 864. The Morgan fingerprint density at radius 2 is 2.00 bits per heavy atom. The van der Waals surface area contributed by atoms with Gasteiger partial charge in [0.15, 0.2) is 23.1 Å². The second kappa shape index (κ2) is 6.90. The van der Waals surface area contributed by atoms with Gasteiger partial charge in [-0.1, -0.05) is 6.07 Å². The van der Waals surface area contributed by atoms with E-state index in [1.54, 1.807) is 17.1 Å². The van der Waals surface area contributed by atoms with Gasteiger partial charge in [-0.3, -0.25) is 4.98 Å². The van der Waals surface area contributed by atoms with Gasteiger partial charge in [-0.15, -0.1) is 0 Å². The van der Waals surface area contributed by atoms with E-state index in [0.29, 0.717) is 43.6 Å². The zero-order valence-electron chi connectivity index (χ0n) is 13.6. The molecule has 0 radical (unpaired) electrons. The van der Waals surface area contributed by atoms with Crippen LogP contribution in [0.2, 0.25) is 0 Å². The number of aromatic nitrogens is 4. The van der Waals surface area contributed by atoms with E-state index in [2.05, 4.69) is 15.1 Å². The Kier molecular flexibility index (Phi) is 4.30. The first-order valence-corrected chi connectivity index (χ1v) is 8.17. The van der Waals surface area contributed by atoms with Crippen molar-refractivity contribution in [1.29, 1.82) is 0 Å². The second-order valence-corrected chi connectivity index (χ2v) is 5.69. The van der Waals surface area contributed by atoms with Crippen molar-refractivity contribution in [3.05, 3.63) is 54.1 Å². The van der Waals surface area contributed by atoms with Crippen molar-refractivity contribution in [2.75, 3.05) is 19.8 Å². The van der Waals surface area contributed by atoms with Crippen LogP contribution in [-0.4, -0.2) is 44.7 Å². The van der Waals surface area contributed by atoms with E-state index < -0.39 is 0 Å². The summed E-state index contributed by atoms with van der Waals surface area (Å²) in [5, 5.41) is 13.9. The molecule has 0 fully saturated rings. The van der Waals surface area contributed by atoms with Crippen molar-refractivity contribution < 1.29 is 14.6 Å². The Hall–Kier alpha value is -2.93. The number of nitrogens with zero attached hydrogens (tertiary/aromatic N) is 4. The molecule has 0 saturated heterocycles. The normalized spacial score (nSPS) is 13.0. The van der Waals surface area contributed by atoms with Crippen LogP contribution in [0.3, 0.4) is 0 Å². The third kappa shape index (κ3) is 3.32. The Morgan fingerprint density at radius 3 is 2.80 bits per heavy atom. The van der Waals surface area contributed by atoms with Crippen LogP contribution < -0.4 is 9.47 Å². The van der Waals surface area contributed by atoms with E-state index >= 15 is 0 Å². The van der Waals surface area contributed by atoms with E-state index in [4.69, 9.17) is 9.47 Å². The molecule has 0 bridgehead atoms. The zero-order valence-corrected chi connectivity index (χ0v) is 13.6. The topological polar surface area (TPSA) is 82.3 Å². The lowest BCUT2D eigenvalue weighted by molar-refractivity contribution is 0.171. The number of rotatable bonds is 5. The van der Waals surface area contributed by atoms with Gasteiger partial charge < -0.3 is 14.6 Å². The fraction of sp³-hybridized carbons (Fsp3) is 0.278. The molecule has 7 nitrogen and oxygen atoms in total. The predicted octanol–water partition coefficient (Wildman–Crippen LogP) is 1.69. The lowest BCUT2D eigenvalue weighted by Gasteiger charge is -2.18. The molecule has 3 heterocycles. The molecule has 0 amide bonds. The highest BCUT2D eigenvalue weighted by Crippen LogP contribution is 2.34. The average molecular weight is 338 g/mol. The summed E-state index contributed by atoms with van der Waals surface area (Å²) < 4.78 is 12.9. The number of aliphatic hydroxyl groups excluding tert-OH is 1. The monoisotopic (exact) mass is 338 g/mol. The molecule has 25 heavy (non-hydrogen) atoms. The van der Waals surface area contributed by atoms with Crippen LogP contribution in [0, 0.1) is 0 Å². The minimum Gasteiger partial charge on any atom is -0.486 e. The van der Waals surface area contributed by atoms with Gasteiger partial charge in [0, 0.05) is 24.4 Å². The van der Waals surface area contributed by atoms with Crippen molar-refractivity contribution in [3.8, 4) is 22.9 Å². The summed E-state index contributed by atoms with van der Waals surface area (Å²) in [5.74, 6) is 2.83. The molecular weight excluding hydrogens is 320 g/mol. The lowest BCUT2D eigenvalue weighted by atomic mass is 10.1. The first kappa shape index (κ1) is 15.6. The van der Waals surface area contributed by atoms with Crippen LogP contribution in [0.4, 0.5) is 0 Å². The van der Waals surface area contributed by atoms with Crippen molar-refractivity contribution >= 4 is 0 Å². The van der Waals surface area contributed by atoms with Gasteiger partial charge in [0.2, 0.25) is 0 Å². The maximum absolute atomic E-state index is 9.34. The molecule has 0 spiro atoms. The van der Waals surface area contributed by atoms with Gasteiger partial charge in [0.25, 0.3) is 0 Å². The van der Waals surface area contributed by atoms with Crippen LogP contribution in [0.5, 0.6) is 11.5 Å². The van der Waals surface area contributed by atoms with Crippen LogP contribution in [0.1, 0.15) is 11.4 Å². The molecule has 1 aliphatic heterocycles. The van der Waals surface area contributed by atoms with Crippen LogP contribution in [0.15, 0.2) is 42.7 Å². The summed E-state index contributed by atoms with van der Waals surface area (Å²) >= 11 is 0. The van der Waals surface area contributed by atoms with Crippen LogP contribution >= 0.6 is 0 Å². The molecule has 0 saturated carbocycles. The molecule has 7 heteroatoms. The van der Waals surface area contributed by atoms with Gasteiger partial charge in [-0.2, -0.15) is 5.10 Å². The molecule has 0 aliphatic carbocycles. The molecule has 1 N–H and O–H groups in total. The summed E-state index contributed by atoms with van der Waals surface area (Å²) in [6.07, 6.45) is 4.13. The van der Waals surface area contributed by atoms with Crippen molar-refractivity contribution in [2.24, 2.45) is 0 Å². The summed E-state index contributed by atoms with van der Waals surface area (Å²) in [6.45, 7) is 1.46. The summed E-state index contributed by atoms with van der Waals surface area (Å²) in [5.41, 5.74) is 1.92. The number of fused-ring (bicyclic) bond motifs is 1. The van der Waals surface area contributed by atoms with Gasteiger partial charge in [-0.25, -0.2) is 9.67 Å². The molecule has 4 rings (SSSR count). The summed E-state index contributed by atoms with van der Waals surface area (Å²) in [7, 11) is 0. The number of hydrogen-bond acceptors (Lipinski definition) is 6. The van der Waals surface area contributed by atoms with E-state index in [-0.39, 0.29) is 6.61 Å². The largest absolute Gasteiger partial charge is 0.486 e. The van der Waals surface area contributed by atoms with Gasteiger partial charge in [0.1, 0.15) is 13.2 Å². The Balaban J connectivity index is 1.68. The highest BCUT2D eigenvalue weighted by molar-refractivity contribution is 5.61. The molecular formula is C18H18N4O3. The molecule has 1 aliphatic rings. The number of hydrogen-bond donors (Lipinski definition) is 1. The van der Waals surface area contributed by atoms with E-state index in [9.17, 15) is 5.11 Å². The first-order valence-electron chi connectivity index (χ1n) is 8.17. The minimum absolute atomic E-state index is 0.00670. The maximum Gasteiger partial charge on any atom is 0.162 e. The zero-order chi connectivity index (χ0) is 17.1. The highest BCUT2D eigenvalue weighted by Gasteiger charge is 2.17. The smallest absolute Gasteiger partial charge is 0.162 e. The molecule has 1 aromatic carbocycles. The van der Waals surface area contributed by atoms with E-state index in [1.165, 1.54) is 0 Å². The minimum atomic E-state index is -0.00670. The van der Waals surface area contributed by atoms with Gasteiger partial charge in [-0.05, 0) is 29.8 Å². The van der Waals surface area contributed by atoms with Crippen LogP contribution in [0.25, 0.3) is 11.4 Å². The standard InChI is InChI=1S/C18H18N4O3/c23-7-6-22-18(14-3-4-15-16(11-14)25-9-8-24-15)20-17(21-22)10-13-2-1-5-19-12-13/h1-5,11-12,23H,6-10H2. The Labute approximate surface area is 144 Å². The first-order chi connectivity index (χ1) is 12.3. The van der Waals surface area contributed by atoms with Crippen molar-refractivity contribution in [3.63, 3.8) is 0 Å². The maximum atomic E-state index is 9.34. The number of pyridine rings is 1. The SMILES string of the molecule is OCCn1nc(Cc2cccnc2)nc1-c1ccc2c(c1)OCCO2. The molecule has 0 atom stereocenters. The third-order valence-corrected chi connectivity index (χ3v) is 3.91. The second-order valence-electron chi connectivity index (χ2n) is 5.69. The number of benzene rings is 1. The highest BCUT2D eigenvalue weighted by atomic mass is 16.6. The lowest BCUT2D eigenvalue weighted by Crippen LogP contribution is -2.15. The molecule has 128 valence electrons. The van der Waals surface area contributed by atoms with Gasteiger partial charge in [0.05, 0.1) is 13.2 Å². The predicted molar refractivity (Wildman–Crippen MR) is 90.6 cm³/mol. The average Bonchev–Trinajstić information content (AvgIpc) is 3.05. The van der Waals surface area contributed by atoms with E-state index in [0.717, 1.165) is 16.9 Å². The van der Waals surface area contributed by atoms with Gasteiger partial charge >= 0.3 is 0 Å². The molecule has 3 aromatic rings. The molecule has 0 unspecified atom stereocenters. The fourth-order valence-electron chi connectivity index (χ4n) is 2.80.